The Kier molecular flexibility index (Phi) is 6.55. The third-order valence-corrected chi connectivity index (χ3v) is 5.76. The van der Waals surface area contributed by atoms with Gasteiger partial charge in [0.05, 0.1) is 0 Å². The molecule has 2 atom stereocenters. The fourth-order valence-corrected chi connectivity index (χ4v) is 3.94. The molecule has 2 fully saturated rings. The first kappa shape index (κ1) is 19.6. The van der Waals surface area contributed by atoms with E-state index in [1.54, 1.807) is 6.33 Å². The van der Waals surface area contributed by atoms with Gasteiger partial charge >= 0.3 is 0 Å². The second kappa shape index (κ2) is 8.69. The molecule has 1 saturated heterocycles. The van der Waals surface area contributed by atoms with Crippen molar-refractivity contribution in [1.82, 2.24) is 25.4 Å². The average Bonchev–Trinajstić information content (AvgIpc) is 3.19. The summed E-state index contributed by atoms with van der Waals surface area (Å²) < 4.78 is 1.13. The van der Waals surface area contributed by atoms with Gasteiger partial charge in [-0.25, -0.2) is 4.98 Å². The second-order valence-electron chi connectivity index (χ2n) is 6.82. The quantitative estimate of drug-likeness (QED) is 0.362. The largest absolute Gasteiger partial charge is 0.353 e. The summed E-state index contributed by atoms with van der Waals surface area (Å²) in [7, 11) is 1.88. The smallest absolute Gasteiger partial charge is 0.193 e. The molecule has 2 aliphatic rings. The van der Waals surface area contributed by atoms with Crippen LogP contribution in [0.15, 0.2) is 40.1 Å². The molecule has 1 aromatic heterocycles. The summed E-state index contributed by atoms with van der Waals surface area (Å²) in [6, 6.07) is 9.15. The van der Waals surface area contributed by atoms with Crippen molar-refractivity contribution >= 4 is 45.9 Å². The van der Waals surface area contributed by atoms with E-state index < -0.39 is 0 Å². The Morgan fingerprint density at radius 2 is 2.00 bits per heavy atom. The molecule has 2 unspecified atom stereocenters. The van der Waals surface area contributed by atoms with Gasteiger partial charge in [0.25, 0.3) is 0 Å². The molecule has 0 spiro atoms. The maximum atomic E-state index is 4.51. The number of nitrogens with zero attached hydrogens (tertiary/aromatic N) is 4. The van der Waals surface area contributed by atoms with Crippen LogP contribution in [0, 0.1) is 0 Å². The Bertz CT molecular complexity index is 725. The van der Waals surface area contributed by atoms with E-state index in [0.717, 1.165) is 42.2 Å². The van der Waals surface area contributed by atoms with Crippen LogP contribution in [-0.2, 0) is 0 Å². The molecule has 4 rings (SSSR count). The zero-order valence-corrected chi connectivity index (χ0v) is 18.6. The number of hydrogen-bond donors (Lipinski definition) is 2. The Labute approximate surface area is 179 Å². The molecule has 0 bridgehead atoms. The van der Waals surface area contributed by atoms with E-state index in [9.17, 15) is 0 Å². The van der Waals surface area contributed by atoms with Gasteiger partial charge in [0.2, 0.25) is 0 Å². The fraction of sp³-hybridized carbons (Fsp3) is 0.500. The van der Waals surface area contributed by atoms with Gasteiger partial charge < -0.3 is 10.2 Å². The van der Waals surface area contributed by atoms with Gasteiger partial charge in [-0.05, 0) is 37.0 Å². The number of benzene rings is 1. The molecule has 1 aliphatic heterocycles. The van der Waals surface area contributed by atoms with Crippen molar-refractivity contribution in [2.24, 2.45) is 4.99 Å². The monoisotopic (exact) mass is 530 g/mol. The standard InChI is InChI=1S/C18H23BrN6.HI/c1-20-18(23-16-10-15(16)12-2-4-14(19)5-3-12)25-8-6-13(7-9-25)17-21-11-22-24-17;/h2-5,11,13,15-16H,6-10H2,1H3,(H,20,23)(H,21,22,24);1H. The van der Waals surface area contributed by atoms with Gasteiger partial charge in [-0.1, -0.05) is 28.1 Å². The average molecular weight is 531 g/mol. The third-order valence-electron chi connectivity index (χ3n) is 5.23. The summed E-state index contributed by atoms with van der Waals surface area (Å²) in [6.45, 7) is 2.00. The number of likely N-dealkylation sites (tertiary alicyclic amines) is 1. The lowest BCUT2D eigenvalue weighted by Crippen LogP contribution is -2.46. The first-order chi connectivity index (χ1) is 12.2. The van der Waals surface area contributed by atoms with E-state index >= 15 is 0 Å². The molecule has 1 aromatic carbocycles. The van der Waals surface area contributed by atoms with Crippen molar-refractivity contribution in [3.05, 3.63) is 46.5 Å². The van der Waals surface area contributed by atoms with Crippen molar-refractivity contribution in [2.75, 3.05) is 20.1 Å². The van der Waals surface area contributed by atoms with Crippen LogP contribution in [0.25, 0.3) is 0 Å². The third kappa shape index (κ3) is 4.39. The Morgan fingerprint density at radius 1 is 1.27 bits per heavy atom. The fourth-order valence-electron chi connectivity index (χ4n) is 3.67. The number of hydrogen-bond acceptors (Lipinski definition) is 3. The van der Waals surface area contributed by atoms with Crippen molar-refractivity contribution in [2.45, 2.75) is 37.1 Å². The summed E-state index contributed by atoms with van der Waals surface area (Å²) >= 11 is 3.50. The van der Waals surface area contributed by atoms with Gasteiger partial charge in [0.15, 0.2) is 5.96 Å². The molecule has 1 aliphatic carbocycles. The van der Waals surface area contributed by atoms with E-state index in [4.69, 9.17) is 0 Å². The molecule has 0 radical (unpaired) electrons. The summed E-state index contributed by atoms with van der Waals surface area (Å²) in [4.78, 5) is 11.2. The molecular formula is C18H24BrIN6. The highest BCUT2D eigenvalue weighted by Crippen LogP contribution is 2.41. The van der Waals surface area contributed by atoms with Crippen LogP contribution in [-0.4, -0.2) is 52.2 Å². The van der Waals surface area contributed by atoms with Gasteiger partial charge in [0.1, 0.15) is 12.2 Å². The highest BCUT2D eigenvalue weighted by Gasteiger charge is 2.39. The first-order valence-corrected chi connectivity index (χ1v) is 9.63. The SMILES string of the molecule is CN=C(NC1CC1c1ccc(Br)cc1)N1CCC(c2ncn[nH]2)CC1.I. The number of nitrogens with one attached hydrogen (secondary N) is 2. The lowest BCUT2D eigenvalue weighted by atomic mass is 9.96. The molecule has 6 nitrogen and oxygen atoms in total. The van der Waals surface area contributed by atoms with E-state index in [1.165, 1.54) is 12.0 Å². The van der Waals surface area contributed by atoms with Crippen molar-refractivity contribution in [3.63, 3.8) is 0 Å². The molecule has 2 N–H and O–H groups in total. The summed E-state index contributed by atoms with van der Waals surface area (Å²) in [6.07, 6.45) is 4.93. The number of aromatic amines is 1. The highest BCUT2D eigenvalue weighted by molar-refractivity contribution is 14.0. The summed E-state index contributed by atoms with van der Waals surface area (Å²) in [5, 5.41) is 10.6. The predicted octanol–water partition coefficient (Wildman–Crippen LogP) is 3.50. The topological polar surface area (TPSA) is 69.2 Å². The lowest BCUT2D eigenvalue weighted by Gasteiger charge is -2.33. The zero-order valence-electron chi connectivity index (χ0n) is 14.7. The van der Waals surface area contributed by atoms with Crippen molar-refractivity contribution in [3.8, 4) is 0 Å². The Morgan fingerprint density at radius 3 is 2.62 bits per heavy atom. The van der Waals surface area contributed by atoms with E-state index in [2.05, 4.69) is 70.6 Å². The van der Waals surface area contributed by atoms with Crippen LogP contribution in [0.3, 0.4) is 0 Å². The molecule has 2 aromatic rings. The van der Waals surface area contributed by atoms with E-state index in [1.807, 2.05) is 7.05 Å². The van der Waals surface area contributed by atoms with Crippen LogP contribution < -0.4 is 5.32 Å². The van der Waals surface area contributed by atoms with Crippen LogP contribution in [0.4, 0.5) is 0 Å². The number of H-pyrrole nitrogens is 1. The van der Waals surface area contributed by atoms with Gasteiger partial charge in [-0.15, -0.1) is 24.0 Å². The summed E-state index contributed by atoms with van der Waals surface area (Å²) in [5.41, 5.74) is 1.40. The van der Waals surface area contributed by atoms with Crippen molar-refractivity contribution < 1.29 is 0 Å². The van der Waals surface area contributed by atoms with Gasteiger partial charge in [-0.3, -0.25) is 10.1 Å². The number of guanidine groups is 1. The predicted molar refractivity (Wildman–Crippen MR) is 117 cm³/mol. The molecule has 26 heavy (non-hydrogen) atoms. The number of rotatable bonds is 3. The molecule has 140 valence electrons. The van der Waals surface area contributed by atoms with Crippen LogP contribution in [0.5, 0.6) is 0 Å². The minimum absolute atomic E-state index is 0. The van der Waals surface area contributed by atoms with Crippen LogP contribution >= 0.6 is 39.9 Å². The van der Waals surface area contributed by atoms with E-state index in [-0.39, 0.29) is 24.0 Å². The van der Waals surface area contributed by atoms with Gasteiger partial charge in [-0.2, -0.15) is 5.10 Å². The number of piperidine rings is 1. The Balaban J connectivity index is 0.00000196. The minimum atomic E-state index is 0. The second-order valence-corrected chi connectivity index (χ2v) is 7.74. The molecule has 1 saturated carbocycles. The normalized spacial score (nSPS) is 23.5. The highest BCUT2D eigenvalue weighted by atomic mass is 127. The minimum Gasteiger partial charge on any atom is -0.353 e. The lowest BCUT2D eigenvalue weighted by molar-refractivity contribution is 0.298. The first-order valence-electron chi connectivity index (χ1n) is 8.83. The number of aromatic nitrogens is 3. The molecular weight excluding hydrogens is 507 g/mol. The molecule has 0 amide bonds. The van der Waals surface area contributed by atoms with Crippen LogP contribution in [0.1, 0.15) is 42.5 Å². The molecule has 8 heteroatoms. The number of aliphatic imine (C=N–C) groups is 1. The molecule has 2 heterocycles. The van der Waals surface area contributed by atoms with Gasteiger partial charge in [0, 0.05) is 42.5 Å². The Hall–Kier alpha value is -1.16. The maximum absolute atomic E-state index is 4.51. The zero-order chi connectivity index (χ0) is 17.2. The summed E-state index contributed by atoms with van der Waals surface area (Å²) in [5.74, 6) is 3.12. The van der Waals surface area contributed by atoms with Crippen LogP contribution in [0.2, 0.25) is 0 Å². The van der Waals surface area contributed by atoms with Crippen molar-refractivity contribution in [1.29, 1.82) is 0 Å². The maximum Gasteiger partial charge on any atom is 0.193 e. The van der Waals surface area contributed by atoms with E-state index in [0.29, 0.717) is 17.9 Å². The number of halogens is 2.